The fourth-order valence-electron chi connectivity index (χ4n) is 5.21. The van der Waals surface area contributed by atoms with Crippen molar-refractivity contribution in [1.29, 1.82) is 0 Å². The number of carbonyl (C=O) groups excluding carboxylic acids is 1. The molecule has 268 valence electrons. The van der Waals surface area contributed by atoms with E-state index >= 15 is 0 Å². The van der Waals surface area contributed by atoms with Gasteiger partial charge < -0.3 is 28.8 Å². The molecule has 0 aliphatic heterocycles. The van der Waals surface area contributed by atoms with Crippen molar-refractivity contribution in [2.24, 2.45) is 0 Å². The van der Waals surface area contributed by atoms with E-state index in [0.717, 1.165) is 51.4 Å². The maximum Gasteiger partial charge on any atom is 0.268 e. The molecule has 45 heavy (non-hydrogen) atoms. The maximum absolute atomic E-state index is 12.7. The van der Waals surface area contributed by atoms with Crippen LogP contribution in [0.3, 0.4) is 0 Å². The fourth-order valence-corrected chi connectivity index (χ4v) is 5.93. The van der Waals surface area contributed by atoms with Gasteiger partial charge in [0.05, 0.1) is 39.9 Å². The Morgan fingerprint density at radius 3 is 1.73 bits per heavy atom. The maximum atomic E-state index is 12.7. The molecule has 9 heteroatoms. The number of phosphoric ester groups is 1. The van der Waals surface area contributed by atoms with E-state index in [1.165, 1.54) is 83.5 Å². The number of carbonyl (C=O) groups is 1. The van der Waals surface area contributed by atoms with E-state index in [2.05, 4.69) is 31.3 Å². The number of likely N-dealkylation sites (N-methyl/N-ethyl adjacent to an activating group) is 1. The summed E-state index contributed by atoms with van der Waals surface area (Å²) in [6, 6.07) is -0.797. The highest BCUT2D eigenvalue weighted by Gasteiger charge is 2.24. The molecule has 0 radical (unpaired) electrons. The first kappa shape index (κ1) is 44.2. The van der Waals surface area contributed by atoms with Crippen LogP contribution >= 0.6 is 7.82 Å². The Morgan fingerprint density at radius 2 is 1.22 bits per heavy atom. The minimum absolute atomic E-state index is 0.0115. The third kappa shape index (κ3) is 31.6. The monoisotopic (exact) mass is 661 g/mol. The minimum atomic E-state index is -4.55. The number of nitrogens with zero attached hydrogens (tertiary/aromatic N) is 1. The van der Waals surface area contributed by atoms with Crippen LogP contribution < -0.4 is 10.2 Å². The number of allylic oxidation sites excluding steroid dienone is 2. The van der Waals surface area contributed by atoms with E-state index in [1.807, 2.05) is 21.1 Å². The van der Waals surface area contributed by atoms with Crippen molar-refractivity contribution in [3.63, 3.8) is 0 Å². The highest BCUT2D eigenvalue weighted by molar-refractivity contribution is 7.45. The van der Waals surface area contributed by atoms with Crippen LogP contribution in [0.25, 0.3) is 0 Å². The van der Waals surface area contributed by atoms with Gasteiger partial charge in [0.15, 0.2) is 0 Å². The van der Waals surface area contributed by atoms with Crippen molar-refractivity contribution in [2.45, 2.75) is 174 Å². The van der Waals surface area contributed by atoms with Gasteiger partial charge in [-0.3, -0.25) is 9.36 Å². The Bertz CT molecular complexity index is 758. The van der Waals surface area contributed by atoms with Gasteiger partial charge in [-0.2, -0.15) is 0 Å². The number of aliphatic hydroxyl groups is 1. The Morgan fingerprint density at radius 1 is 0.756 bits per heavy atom. The number of hydrogen-bond donors (Lipinski definition) is 2. The first-order chi connectivity index (χ1) is 21.5. The summed E-state index contributed by atoms with van der Waals surface area (Å²) in [5.74, 6) is -0.178. The van der Waals surface area contributed by atoms with Gasteiger partial charge >= 0.3 is 0 Å². The number of nitrogens with one attached hydrogen (secondary N) is 1. The van der Waals surface area contributed by atoms with Crippen LogP contribution in [0.1, 0.15) is 162 Å². The molecule has 8 nitrogen and oxygen atoms in total. The van der Waals surface area contributed by atoms with E-state index in [1.54, 1.807) is 0 Å². The van der Waals surface area contributed by atoms with Crippen molar-refractivity contribution in [3.8, 4) is 0 Å². The average molecular weight is 661 g/mol. The molecule has 2 N–H and O–H groups in total. The minimum Gasteiger partial charge on any atom is -0.756 e. The number of hydrogen-bond acceptors (Lipinski definition) is 6. The van der Waals surface area contributed by atoms with E-state index in [-0.39, 0.29) is 19.1 Å². The molecule has 0 aliphatic rings. The number of amides is 1. The first-order valence-electron chi connectivity index (χ1n) is 18.5. The standard InChI is InChI=1S/C36H73N2O6P/c1-6-8-10-12-14-16-17-18-19-20-21-22-24-26-28-30-36(40)37-34(33-44-45(41,42)43-32-31-38(3,4)5)35(39)29-27-25-23-15-13-11-9-7-2/h18-19,34-35,39H,6-17,20-33H2,1-5H3,(H-,37,40,41,42)/b19-18-. The average Bonchev–Trinajstić information content (AvgIpc) is 2.97. The summed E-state index contributed by atoms with van der Waals surface area (Å²) in [5.41, 5.74) is 0. The van der Waals surface area contributed by atoms with Crippen LogP contribution in [0.15, 0.2) is 12.2 Å². The number of quaternary nitrogens is 1. The van der Waals surface area contributed by atoms with E-state index in [9.17, 15) is 19.4 Å². The Labute approximate surface area is 278 Å². The van der Waals surface area contributed by atoms with Crippen LogP contribution in [0.4, 0.5) is 0 Å². The predicted molar refractivity (Wildman–Crippen MR) is 187 cm³/mol. The molecule has 0 fully saturated rings. The van der Waals surface area contributed by atoms with Gasteiger partial charge in [-0.25, -0.2) is 0 Å². The normalized spacial score (nSPS) is 14.9. The van der Waals surface area contributed by atoms with E-state index in [0.29, 0.717) is 23.9 Å². The zero-order valence-electron chi connectivity index (χ0n) is 30.1. The molecule has 0 aromatic rings. The van der Waals surface area contributed by atoms with Crippen LogP contribution in [0.5, 0.6) is 0 Å². The summed E-state index contributed by atoms with van der Waals surface area (Å²) in [6.45, 7) is 4.65. The SMILES string of the molecule is CCCCCCCC/C=C\CCCCCCCC(=O)NC(COP(=O)([O-])OCC[N+](C)(C)C)C(O)CCCCCCCCCC. The summed E-state index contributed by atoms with van der Waals surface area (Å²) in [6.07, 6.45) is 29.3. The molecule has 0 rings (SSSR count). The third-order valence-corrected chi connectivity index (χ3v) is 9.22. The van der Waals surface area contributed by atoms with Gasteiger partial charge in [-0.15, -0.1) is 0 Å². The molecular formula is C36H73N2O6P. The van der Waals surface area contributed by atoms with Gasteiger partial charge in [-0.05, 0) is 38.5 Å². The number of aliphatic hydroxyl groups excluding tert-OH is 1. The third-order valence-electron chi connectivity index (χ3n) is 8.25. The van der Waals surface area contributed by atoms with Gasteiger partial charge in [0, 0.05) is 6.42 Å². The predicted octanol–water partition coefficient (Wildman–Crippen LogP) is 8.61. The van der Waals surface area contributed by atoms with Gasteiger partial charge in [0.25, 0.3) is 7.82 Å². The Balaban J connectivity index is 4.42. The van der Waals surface area contributed by atoms with Crippen molar-refractivity contribution in [2.75, 3.05) is 40.9 Å². The molecule has 1 amide bonds. The lowest BCUT2D eigenvalue weighted by Gasteiger charge is -2.30. The van der Waals surface area contributed by atoms with E-state index in [4.69, 9.17) is 9.05 Å². The second kappa shape index (κ2) is 29.4. The lowest BCUT2D eigenvalue weighted by atomic mass is 10.0. The Hall–Kier alpha value is -0.760. The molecular weight excluding hydrogens is 587 g/mol. The summed E-state index contributed by atoms with van der Waals surface area (Å²) >= 11 is 0. The molecule has 0 saturated carbocycles. The quantitative estimate of drug-likeness (QED) is 0.0316. The largest absolute Gasteiger partial charge is 0.756 e. The lowest BCUT2D eigenvalue weighted by Crippen LogP contribution is -2.46. The Kier molecular flexibility index (Phi) is 28.9. The smallest absolute Gasteiger partial charge is 0.268 e. The van der Waals surface area contributed by atoms with Crippen LogP contribution in [0, 0.1) is 0 Å². The summed E-state index contributed by atoms with van der Waals surface area (Å²) in [4.78, 5) is 25.1. The van der Waals surface area contributed by atoms with Gasteiger partial charge in [-0.1, -0.05) is 129 Å². The van der Waals surface area contributed by atoms with Gasteiger partial charge in [0.1, 0.15) is 13.2 Å². The lowest BCUT2D eigenvalue weighted by molar-refractivity contribution is -0.870. The molecule has 0 aromatic carbocycles. The molecule has 0 aliphatic carbocycles. The highest BCUT2D eigenvalue weighted by Crippen LogP contribution is 2.38. The zero-order valence-corrected chi connectivity index (χ0v) is 31.0. The van der Waals surface area contributed by atoms with Crippen LogP contribution in [-0.2, 0) is 18.4 Å². The number of rotatable bonds is 33. The van der Waals surface area contributed by atoms with Crippen molar-refractivity contribution in [1.82, 2.24) is 5.32 Å². The molecule has 0 saturated heterocycles. The van der Waals surface area contributed by atoms with Crippen LogP contribution in [-0.4, -0.2) is 68.5 Å². The fraction of sp³-hybridized carbons (Fsp3) is 0.917. The topological polar surface area (TPSA) is 108 Å². The molecule has 0 aromatic heterocycles. The van der Waals surface area contributed by atoms with Crippen molar-refractivity contribution in [3.05, 3.63) is 12.2 Å². The van der Waals surface area contributed by atoms with Crippen LogP contribution in [0.2, 0.25) is 0 Å². The zero-order chi connectivity index (χ0) is 33.7. The molecule has 0 heterocycles. The molecule has 3 atom stereocenters. The molecule has 3 unspecified atom stereocenters. The number of phosphoric acid groups is 1. The second-order valence-electron chi connectivity index (χ2n) is 13.9. The summed E-state index contributed by atoms with van der Waals surface area (Å²) < 4.78 is 23.1. The first-order valence-corrected chi connectivity index (χ1v) is 20.0. The van der Waals surface area contributed by atoms with Gasteiger partial charge in [0.2, 0.25) is 5.91 Å². The van der Waals surface area contributed by atoms with Crippen molar-refractivity contribution >= 4 is 13.7 Å². The van der Waals surface area contributed by atoms with E-state index < -0.39 is 20.0 Å². The number of unbranched alkanes of at least 4 members (excludes halogenated alkanes) is 18. The molecule has 0 spiro atoms. The molecule has 0 bridgehead atoms. The summed E-state index contributed by atoms with van der Waals surface area (Å²) in [5, 5.41) is 13.7. The summed E-state index contributed by atoms with van der Waals surface area (Å²) in [7, 11) is 1.30. The highest BCUT2D eigenvalue weighted by atomic mass is 31.2. The van der Waals surface area contributed by atoms with Crippen molar-refractivity contribution < 1.29 is 32.9 Å². The second-order valence-corrected chi connectivity index (χ2v) is 15.3.